The van der Waals surface area contributed by atoms with Gasteiger partial charge in [0.25, 0.3) is 5.69 Å². The Bertz CT molecular complexity index is 1240. The van der Waals surface area contributed by atoms with Gasteiger partial charge in [0.2, 0.25) is 0 Å². The van der Waals surface area contributed by atoms with Crippen LogP contribution in [-0.2, 0) is 29.7 Å². The van der Waals surface area contributed by atoms with E-state index >= 15 is 0 Å². The molecule has 0 amide bonds. The SMILES string of the molecule is O=[N+]([O-])c1ccccc1S(=O)(=O)[N-]c1ccccc1-c1ccccn1.[F][Pd+].c1ccncc1. The number of pyridine rings is 2. The van der Waals surface area contributed by atoms with Gasteiger partial charge in [0.1, 0.15) is 14.9 Å². The first-order chi connectivity index (χ1) is 16.0. The van der Waals surface area contributed by atoms with E-state index in [1.165, 1.54) is 44.0 Å². The molecule has 0 atom stereocenters. The zero-order valence-corrected chi connectivity index (χ0v) is 19.2. The minimum Gasteiger partial charge on any atom is -0.265 e. The summed E-state index contributed by atoms with van der Waals surface area (Å²) in [5, 5.41) is 11.1. The Hall–Kier alpha value is -3.52. The van der Waals surface area contributed by atoms with E-state index in [0.29, 0.717) is 11.3 Å². The number of nitro benzene ring substituents is 1. The number of halogens is 1. The number of rotatable bonds is 5. The van der Waals surface area contributed by atoms with Crippen LogP contribution in [0.1, 0.15) is 0 Å². The van der Waals surface area contributed by atoms with Crippen molar-refractivity contribution in [3.63, 3.8) is 0 Å². The monoisotopic (exact) mass is 558 g/mol. The van der Waals surface area contributed by atoms with Crippen LogP contribution in [0, 0.1) is 10.1 Å². The molecule has 11 heteroatoms. The Morgan fingerprint density at radius 1 is 0.818 bits per heavy atom. The minimum atomic E-state index is -4.26. The van der Waals surface area contributed by atoms with Crippen LogP contribution in [0.15, 0.2) is 108 Å². The second-order valence-electron chi connectivity index (χ2n) is 6.05. The van der Waals surface area contributed by atoms with Gasteiger partial charge in [-0.25, -0.2) is 8.42 Å². The molecule has 2 aromatic carbocycles. The van der Waals surface area contributed by atoms with Crippen molar-refractivity contribution >= 4 is 21.4 Å². The summed E-state index contributed by atoms with van der Waals surface area (Å²) in [6.45, 7) is 0. The van der Waals surface area contributed by atoms with Crippen LogP contribution in [0.3, 0.4) is 0 Å². The molecule has 0 N–H and O–H groups in total. The first kappa shape index (κ1) is 25.7. The number of hydrogen-bond donors (Lipinski definition) is 0. The topological polar surface area (TPSA) is 117 Å². The van der Waals surface area contributed by atoms with E-state index in [2.05, 4.69) is 14.7 Å². The van der Waals surface area contributed by atoms with Gasteiger partial charge in [-0.1, -0.05) is 48.5 Å². The molecule has 0 aliphatic heterocycles. The number of nitro groups is 1. The maximum Gasteiger partial charge on any atom is 0.0267 e. The quantitative estimate of drug-likeness (QED) is 0.180. The fourth-order valence-electron chi connectivity index (χ4n) is 2.61. The summed E-state index contributed by atoms with van der Waals surface area (Å²) >= 11 is 1.25. The van der Waals surface area contributed by atoms with Crippen LogP contribution in [0.25, 0.3) is 16.0 Å². The molecule has 0 radical (unpaired) electrons. The predicted octanol–water partition coefficient (Wildman–Crippen LogP) is 5.55. The molecule has 0 spiro atoms. The molecule has 0 unspecified atom stereocenters. The maximum absolute atomic E-state index is 12.6. The van der Waals surface area contributed by atoms with Crippen LogP contribution >= 0.6 is 0 Å². The standard InChI is InChI=1S/C17H12N3O4S.C5H5N.FH.Pd/c21-20(22)16-10-3-4-11-17(16)25(23,24)19-15-9-2-1-7-13(15)14-8-5-6-12-18-14;1-2-4-6-5-3-1;;/h1-12H;1-5H;1H;/q-1;;;+2/p-1. The van der Waals surface area contributed by atoms with Crippen molar-refractivity contribution in [1.29, 1.82) is 0 Å². The van der Waals surface area contributed by atoms with Gasteiger partial charge in [0.15, 0.2) is 0 Å². The van der Waals surface area contributed by atoms with Crippen LogP contribution in [0.4, 0.5) is 14.6 Å². The maximum atomic E-state index is 12.6. The summed E-state index contributed by atoms with van der Waals surface area (Å²) in [5.74, 6) is 0. The molecule has 33 heavy (non-hydrogen) atoms. The Morgan fingerprint density at radius 2 is 1.42 bits per heavy atom. The zero-order valence-electron chi connectivity index (χ0n) is 16.8. The van der Waals surface area contributed by atoms with E-state index in [1.54, 1.807) is 55.0 Å². The van der Waals surface area contributed by atoms with Crippen LogP contribution in [0.2, 0.25) is 0 Å². The number of benzene rings is 2. The summed E-state index contributed by atoms with van der Waals surface area (Å²) < 4.78 is 38.4. The molecule has 0 bridgehead atoms. The second-order valence-corrected chi connectivity index (χ2v) is 7.62. The Labute approximate surface area is 201 Å². The molecule has 0 saturated heterocycles. The Kier molecular flexibility index (Phi) is 10.2. The van der Waals surface area contributed by atoms with Gasteiger partial charge < -0.3 is 4.72 Å². The average Bonchev–Trinajstić information content (AvgIpc) is 2.87. The normalized spacial score (nSPS) is 10.0. The summed E-state index contributed by atoms with van der Waals surface area (Å²) in [6, 6.07) is 22.7. The molecule has 2 aromatic heterocycles. The summed E-state index contributed by atoms with van der Waals surface area (Å²) in [5.41, 5.74) is 0.728. The summed E-state index contributed by atoms with van der Waals surface area (Å²) in [7, 11) is -4.26. The van der Waals surface area contributed by atoms with E-state index in [0.717, 1.165) is 6.07 Å². The van der Waals surface area contributed by atoms with E-state index < -0.39 is 25.5 Å². The van der Waals surface area contributed by atoms with Crippen molar-refractivity contribution in [3.8, 4) is 11.3 Å². The molecule has 2 heterocycles. The van der Waals surface area contributed by atoms with Crippen molar-refractivity contribution in [1.82, 2.24) is 9.97 Å². The molecule has 0 saturated carbocycles. The minimum absolute atomic E-state index is 0.166. The van der Waals surface area contributed by atoms with E-state index in [9.17, 15) is 21.8 Å². The van der Waals surface area contributed by atoms with E-state index in [-0.39, 0.29) is 5.69 Å². The van der Waals surface area contributed by atoms with E-state index in [1.807, 2.05) is 18.2 Å². The van der Waals surface area contributed by atoms with E-state index in [4.69, 9.17) is 0 Å². The third-order valence-electron chi connectivity index (χ3n) is 3.97. The van der Waals surface area contributed by atoms with Crippen molar-refractivity contribution in [2.45, 2.75) is 4.90 Å². The second kappa shape index (κ2) is 13.1. The largest absolute Gasteiger partial charge is 0.265 e. The fraction of sp³-hybridized carbons (Fsp3) is 0. The van der Waals surface area contributed by atoms with Gasteiger partial charge in [0.05, 0.1) is 10.6 Å². The smallest absolute Gasteiger partial charge is 0.0267 e. The average molecular weight is 559 g/mol. The van der Waals surface area contributed by atoms with Gasteiger partial charge in [0, 0.05) is 24.7 Å². The summed E-state index contributed by atoms with van der Waals surface area (Å²) in [4.78, 5) is 17.9. The molecule has 4 rings (SSSR count). The zero-order chi connectivity index (χ0) is 24.1. The van der Waals surface area contributed by atoms with Crippen molar-refractivity contribution in [2.24, 2.45) is 0 Å². The third-order valence-corrected chi connectivity index (χ3v) is 5.31. The molecule has 172 valence electrons. The van der Waals surface area contributed by atoms with Gasteiger partial charge >= 0.3 is 22.9 Å². The number of sulfonamides is 1. The van der Waals surface area contributed by atoms with Crippen molar-refractivity contribution in [2.75, 3.05) is 0 Å². The number of aromatic nitrogens is 2. The number of para-hydroxylation sites is 1. The molecular weight excluding hydrogens is 542 g/mol. The Morgan fingerprint density at radius 3 is 2.00 bits per heavy atom. The number of hydrogen-bond acceptors (Lipinski definition) is 6. The van der Waals surface area contributed by atoms with Gasteiger partial charge in [-0.05, 0) is 35.9 Å². The van der Waals surface area contributed by atoms with Gasteiger partial charge in [-0.2, -0.15) is 0 Å². The van der Waals surface area contributed by atoms with Gasteiger partial charge in [-0.15, -0.1) is 5.69 Å². The van der Waals surface area contributed by atoms with Gasteiger partial charge in [-0.3, -0.25) is 20.1 Å². The molecule has 0 aliphatic carbocycles. The molecular formula is C22H17FN4O4PdS. The van der Waals surface area contributed by atoms with Crippen molar-refractivity contribution in [3.05, 3.63) is 118 Å². The summed E-state index contributed by atoms with van der Waals surface area (Å²) in [6.07, 6.45) is 5.09. The predicted molar refractivity (Wildman–Crippen MR) is 118 cm³/mol. The first-order valence-electron chi connectivity index (χ1n) is 9.18. The third kappa shape index (κ3) is 7.54. The molecule has 4 aromatic rings. The molecule has 0 aliphatic rings. The van der Waals surface area contributed by atoms with Crippen LogP contribution in [0.5, 0.6) is 0 Å². The fourth-order valence-corrected chi connectivity index (χ4v) is 3.78. The van der Waals surface area contributed by atoms with Crippen molar-refractivity contribution < 1.29 is 36.3 Å². The van der Waals surface area contributed by atoms with Crippen LogP contribution in [-0.4, -0.2) is 23.3 Å². The Balaban J connectivity index is 0.000000411. The molecule has 0 fully saturated rings. The first-order valence-corrected chi connectivity index (χ1v) is 11.2. The van der Waals surface area contributed by atoms with Crippen LogP contribution < -0.4 is 0 Å². The number of nitrogens with zero attached hydrogens (tertiary/aromatic N) is 4. The molecule has 8 nitrogen and oxygen atoms in total.